The monoisotopic (exact) mass is 203 g/mol. The summed E-state index contributed by atoms with van der Waals surface area (Å²) in [7, 11) is 1.81. The highest BCUT2D eigenvalue weighted by atomic mass is 19.1. The Morgan fingerprint density at radius 3 is 2.93 bits per heavy atom. The van der Waals surface area contributed by atoms with Crippen LogP contribution in [0.2, 0.25) is 0 Å². The maximum absolute atomic E-state index is 13.0. The highest BCUT2D eigenvalue weighted by Crippen LogP contribution is 2.22. The first-order valence-corrected chi connectivity index (χ1v) is 4.64. The summed E-state index contributed by atoms with van der Waals surface area (Å²) in [5.74, 6) is -0.577. The lowest BCUT2D eigenvalue weighted by Crippen LogP contribution is -1.98. The molecule has 76 valence electrons. The van der Waals surface area contributed by atoms with Gasteiger partial charge in [0.15, 0.2) is 0 Å². The number of nitrogens with zero attached hydrogens (tertiary/aromatic N) is 3. The van der Waals surface area contributed by atoms with E-state index in [1.807, 2.05) is 20.0 Å². The van der Waals surface area contributed by atoms with Crippen LogP contribution in [0.15, 0.2) is 18.3 Å². The molecule has 2 heterocycles. The van der Waals surface area contributed by atoms with E-state index in [0.717, 1.165) is 11.2 Å². The van der Waals surface area contributed by atoms with Crippen molar-refractivity contribution in [2.75, 3.05) is 0 Å². The fourth-order valence-corrected chi connectivity index (χ4v) is 1.68. The van der Waals surface area contributed by atoms with E-state index in [2.05, 4.69) is 11.1 Å². The second-order valence-electron chi connectivity index (χ2n) is 3.54. The zero-order valence-corrected chi connectivity index (χ0v) is 8.53. The quantitative estimate of drug-likeness (QED) is 0.713. The van der Waals surface area contributed by atoms with E-state index in [-0.39, 0.29) is 11.7 Å². The molecule has 2 rings (SSSR count). The third kappa shape index (κ3) is 1.46. The van der Waals surface area contributed by atoms with Gasteiger partial charge in [-0.2, -0.15) is 5.26 Å². The largest absolute Gasteiger partial charge is 0.345 e. The van der Waals surface area contributed by atoms with Crippen LogP contribution < -0.4 is 0 Å². The number of nitriles is 1. The average Bonchev–Trinajstić information content (AvgIpc) is 2.55. The summed E-state index contributed by atoms with van der Waals surface area (Å²) in [5, 5.41) is 8.83. The summed E-state index contributed by atoms with van der Waals surface area (Å²) >= 11 is 0. The van der Waals surface area contributed by atoms with Gasteiger partial charge in [0, 0.05) is 18.8 Å². The van der Waals surface area contributed by atoms with E-state index in [1.54, 1.807) is 4.57 Å². The van der Waals surface area contributed by atoms with Crippen molar-refractivity contribution in [3.05, 3.63) is 29.8 Å². The van der Waals surface area contributed by atoms with Crippen molar-refractivity contribution in [1.82, 2.24) is 9.55 Å². The summed E-state index contributed by atoms with van der Waals surface area (Å²) in [5.41, 5.74) is 2.29. The minimum absolute atomic E-state index is 0.215. The third-order valence-electron chi connectivity index (χ3n) is 2.53. The molecule has 1 atom stereocenters. The van der Waals surface area contributed by atoms with Crippen molar-refractivity contribution in [2.45, 2.75) is 12.8 Å². The minimum atomic E-state index is -0.361. The zero-order valence-electron chi connectivity index (χ0n) is 8.53. The fourth-order valence-electron chi connectivity index (χ4n) is 1.68. The van der Waals surface area contributed by atoms with Crippen molar-refractivity contribution in [1.29, 1.82) is 5.26 Å². The van der Waals surface area contributed by atoms with Crippen molar-refractivity contribution in [3.63, 3.8) is 0 Å². The Kier molecular flexibility index (Phi) is 2.16. The first-order valence-electron chi connectivity index (χ1n) is 4.64. The van der Waals surface area contributed by atoms with Gasteiger partial charge < -0.3 is 4.57 Å². The van der Waals surface area contributed by atoms with Crippen LogP contribution in [0.1, 0.15) is 18.5 Å². The van der Waals surface area contributed by atoms with Crippen LogP contribution >= 0.6 is 0 Å². The molecule has 2 aromatic rings. The van der Waals surface area contributed by atoms with Gasteiger partial charge in [-0.15, -0.1) is 0 Å². The molecule has 15 heavy (non-hydrogen) atoms. The van der Waals surface area contributed by atoms with Crippen molar-refractivity contribution < 1.29 is 4.39 Å². The van der Waals surface area contributed by atoms with Gasteiger partial charge in [0.2, 0.25) is 0 Å². The standard InChI is InChI=1S/C11H10FN3/c1-7(5-13)10-4-9-11(15(10)2)3-8(12)6-14-9/h3-4,6-7H,1-2H3. The molecule has 0 amide bonds. The van der Waals surface area contributed by atoms with E-state index >= 15 is 0 Å². The third-order valence-corrected chi connectivity index (χ3v) is 2.53. The van der Waals surface area contributed by atoms with Gasteiger partial charge in [0.1, 0.15) is 5.82 Å². The van der Waals surface area contributed by atoms with Crippen LogP contribution in [-0.4, -0.2) is 9.55 Å². The molecule has 0 spiro atoms. The molecule has 0 radical (unpaired) electrons. The van der Waals surface area contributed by atoms with Gasteiger partial charge in [-0.3, -0.25) is 4.98 Å². The lowest BCUT2D eigenvalue weighted by molar-refractivity contribution is 0.623. The Morgan fingerprint density at radius 2 is 2.27 bits per heavy atom. The molecule has 3 nitrogen and oxygen atoms in total. The van der Waals surface area contributed by atoms with E-state index < -0.39 is 0 Å². The lowest BCUT2D eigenvalue weighted by Gasteiger charge is -2.04. The summed E-state index contributed by atoms with van der Waals surface area (Å²) in [6.07, 6.45) is 1.18. The molecule has 0 saturated carbocycles. The summed E-state index contributed by atoms with van der Waals surface area (Å²) in [4.78, 5) is 3.97. The molecule has 0 fully saturated rings. The second-order valence-corrected chi connectivity index (χ2v) is 3.54. The number of rotatable bonds is 1. The van der Waals surface area contributed by atoms with Crippen LogP contribution in [0.25, 0.3) is 11.0 Å². The normalized spacial score (nSPS) is 12.7. The number of aromatic nitrogens is 2. The molecule has 0 N–H and O–H groups in total. The minimum Gasteiger partial charge on any atom is -0.345 e. The molecule has 1 unspecified atom stereocenters. The summed E-state index contributed by atoms with van der Waals surface area (Å²) < 4.78 is 14.8. The number of pyridine rings is 1. The van der Waals surface area contributed by atoms with E-state index in [9.17, 15) is 4.39 Å². The highest BCUT2D eigenvalue weighted by molar-refractivity contribution is 5.77. The predicted octanol–water partition coefficient (Wildman–Crippen LogP) is 2.34. The molecular weight excluding hydrogens is 193 g/mol. The Labute approximate surface area is 86.8 Å². The van der Waals surface area contributed by atoms with Gasteiger partial charge >= 0.3 is 0 Å². The highest BCUT2D eigenvalue weighted by Gasteiger charge is 2.12. The van der Waals surface area contributed by atoms with Crippen LogP contribution in [-0.2, 0) is 7.05 Å². The number of hydrogen-bond acceptors (Lipinski definition) is 2. The van der Waals surface area contributed by atoms with Crippen molar-refractivity contribution >= 4 is 11.0 Å². The first-order chi connectivity index (χ1) is 7.13. The van der Waals surface area contributed by atoms with Crippen molar-refractivity contribution in [2.24, 2.45) is 7.05 Å². The SMILES string of the molecule is CC(C#N)c1cc2ncc(F)cc2n1C. The van der Waals surface area contributed by atoms with Crippen molar-refractivity contribution in [3.8, 4) is 6.07 Å². The first kappa shape index (κ1) is 9.66. The zero-order chi connectivity index (χ0) is 11.0. The Hall–Kier alpha value is -1.89. The average molecular weight is 203 g/mol. The number of fused-ring (bicyclic) bond motifs is 1. The molecule has 0 saturated heterocycles. The Bertz CT molecular complexity index is 551. The van der Waals surface area contributed by atoms with Gasteiger partial charge in [0.05, 0.1) is 29.2 Å². The van der Waals surface area contributed by atoms with Gasteiger partial charge in [-0.05, 0) is 13.0 Å². The molecule has 0 bridgehead atoms. The maximum atomic E-state index is 13.0. The predicted molar refractivity (Wildman–Crippen MR) is 54.7 cm³/mol. The maximum Gasteiger partial charge on any atom is 0.143 e. The number of hydrogen-bond donors (Lipinski definition) is 0. The van der Waals surface area contributed by atoms with Crippen LogP contribution in [0, 0.1) is 17.1 Å². The van der Waals surface area contributed by atoms with Crippen LogP contribution in [0.3, 0.4) is 0 Å². The van der Waals surface area contributed by atoms with Gasteiger partial charge in [-0.25, -0.2) is 4.39 Å². The van der Waals surface area contributed by atoms with Gasteiger partial charge in [0.25, 0.3) is 0 Å². The molecule has 0 aromatic carbocycles. The summed E-state index contributed by atoms with van der Waals surface area (Å²) in [6, 6.07) is 5.40. The summed E-state index contributed by atoms with van der Waals surface area (Å²) in [6.45, 7) is 1.81. The molecule has 4 heteroatoms. The molecule has 0 aliphatic heterocycles. The molecule has 0 aliphatic carbocycles. The van der Waals surface area contributed by atoms with Crippen LogP contribution in [0.5, 0.6) is 0 Å². The Balaban J connectivity index is 2.71. The smallest absolute Gasteiger partial charge is 0.143 e. The lowest BCUT2D eigenvalue weighted by atomic mass is 10.1. The Morgan fingerprint density at radius 1 is 1.53 bits per heavy atom. The molecular formula is C11H10FN3. The molecule has 2 aromatic heterocycles. The fraction of sp³-hybridized carbons (Fsp3) is 0.273. The van der Waals surface area contributed by atoms with Gasteiger partial charge in [-0.1, -0.05) is 0 Å². The van der Waals surface area contributed by atoms with Crippen LogP contribution in [0.4, 0.5) is 4.39 Å². The number of halogens is 1. The van der Waals surface area contributed by atoms with E-state index in [0.29, 0.717) is 5.52 Å². The van der Waals surface area contributed by atoms with E-state index in [4.69, 9.17) is 5.26 Å². The molecule has 0 aliphatic rings. The number of aryl methyl sites for hydroxylation is 1. The topological polar surface area (TPSA) is 41.6 Å². The van der Waals surface area contributed by atoms with E-state index in [1.165, 1.54) is 12.3 Å². The second kappa shape index (κ2) is 3.35.